The molecule has 2 rings (SSSR count). The quantitative estimate of drug-likeness (QED) is 0.853. The first-order valence-electron chi connectivity index (χ1n) is 6.65. The van der Waals surface area contributed by atoms with Gasteiger partial charge in [0.05, 0.1) is 4.90 Å². The number of sulfonamides is 1. The van der Waals surface area contributed by atoms with Crippen molar-refractivity contribution in [1.29, 1.82) is 0 Å². The van der Waals surface area contributed by atoms with Crippen LogP contribution in [0.15, 0.2) is 29.2 Å². The smallest absolute Gasteiger partial charge is 0.242 e. The lowest BCUT2D eigenvalue weighted by molar-refractivity contribution is 0.229. The summed E-state index contributed by atoms with van der Waals surface area (Å²) in [4.78, 5) is 2.36. The summed E-state index contributed by atoms with van der Waals surface area (Å²) in [5, 5.41) is 3.25. The molecule has 0 atom stereocenters. The molecule has 5 nitrogen and oxygen atoms in total. The van der Waals surface area contributed by atoms with Crippen LogP contribution in [0.3, 0.4) is 0 Å². The molecule has 1 heterocycles. The van der Waals surface area contributed by atoms with E-state index >= 15 is 0 Å². The first-order valence-corrected chi connectivity index (χ1v) is 8.09. The second-order valence-electron chi connectivity index (χ2n) is 4.87. The molecule has 7 heteroatoms. The fraction of sp³-hybridized carbons (Fsp3) is 0.538. The second kappa shape index (κ2) is 6.62. The van der Waals surface area contributed by atoms with Gasteiger partial charge in [-0.3, -0.25) is 4.90 Å². The number of hydrogen-bond acceptors (Lipinski definition) is 4. The minimum atomic E-state index is -3.53. The highest BCUT2D eigenvalue weighted by Gasteiger charge is 2.21. The number of piperazine rings is 1. The van der Waals surface area contributed by atoms with Crippen LogP contribution in [0.4, 0.5) is 4.39 Å². The predicted octanol–water partition coefficient (Wildman–Crippen LogP) is 0.351. The monoisotopic (exact) mass is 301 g/mol. The third-order valence-electron chi connectivity index (χ3n) is 3.46. The van der Waals surface area contributed by atoms with Gasteiger partial charge in [0.2, 0.25) is 10.0 Å². The maximum atomic E-state index is 12.8. The average molecular weight is 301 g/mol. The van der Waals surface area contributed by atoms with Crippen molar-refractivity contribution in [3.05, 3.63) is 30.1 Å². The van der Waals surface area contributed by atoms with E-state index in [1.165, 1.54) is 16.4 Å². The Hall–Kier alpha value is -1.02. The molecule has 1 aliphatic rings. The van der Waals surface area contributed by atoms with Crippen LogP contribution in [-0.4, -0.2) is 63.9 Å². The van der Waals surface area contributed by atoms with Crippen LogP contribution in [0, 0.1) is 5.82 Å². The van der Waals surface area contributed by atoms with Crippen LogP contribution in [0.1, 0.15) is 0 Å². The zero-order chi connectivity index (χ0) is 14.6. The highest BCUT2D eigenvalue weighted by atomic mass is 32.2. The molecule has 1 N–H and O–H groups in total. The van der Waals surface area contributed by atoms with Crippen molar-refractivity contribution >= 4 is 10.0 Å². The molecule has 0 spiro atoms. The Morgan fingerprint density at radius 1 is 1.25 bits per heavy atom. The predicted molar refractivity (Wildman–Crippen MR) is 75.5 cm³/mol. The second-order valence-corrected chi connectivity index (χ2v) is 6.92. The lowest BCUT2D eigenvalue weighted by atomic mass is 10.3. The number of benzene rings is 1. The van der Waals surface area contributed by atoms with Crippen molar-refractivity contribution in [1.82, 2.24) is 14.5 Å². The molecule has 0 amide bonds. The van der Waals surface area contributed by atoms with E-state index in [4.69, 9.17) is 0 Å². The molecule has 1 aromatic carbocycles. The van der Waals surface area contributed by atoms with E-state index in [1.807, 2.05) is 0 Å². The van der Waals surface area contributed by atoms with Gasteiger partial charge in [-0.1, -0.05) is 0 Å². The summed E-state index contributed by atoms with van der Waals surface area (Å²) in [6, 6.07) is 4.92. The summed E-state index contributed by atoms with van der Waals surface area (Å²) < 4.78 is 38.7. The maximum Gasteiger partial charge on any atom is 0.242 e. The Kier molecular flexibility index (Phi) is 5.09. The molecule has 1 saturated heterocycles. The van der Waals surface area contributed by atoms with Crippen molar-refractivity contribution in [3.63, 3.8) is 0 Å². The van der Waals surface area contributed by atoms with Crippen molar-refractivity contribution < 1.29 is 12.8 Å². The highest BCUT2D eigenvalue weighted by Crippen LogP contribution is 2.14. The zero-order valence-electron chi connectivity index (χ0n) is 11.5. The van der Waals surface area contributed by atoms with Gasteiger partial charge in [-0.25, -0.2) is 12.8 Å². The van der Waals surface area contributed by atoms with Gasteiger partial charge in [0, 0.05) is 46.3 Å². The molecule has 0 radical (unpaired) electrons. The van der Waals surface area contributed by atoms with E-state index in [2.05, 4.69) is 10.2 Å². The minimum Gasteiger partial charge on any atom is -0.314 e. The Bertz CT molecular complexity index is 527. The summed E-state index contributed by atoms with van der Waals surface area (Å²) >= 11 is 0. The normalized spacial score (nSPS) is 17.6. The summed E-state index contributed by atoms with van der Waals surface area (Å²) in [7, 11) is -1.98. The zero-order valence-corrected chi connectivity index (χ0v) is 12.4. The van der Waals surface area contributed by atoms with Crippen molar-refractivity contribution in [2.45, 2.75) is 4.90 Å². The highest BCUT2D eigenvalue weighted by molar-refractivity contribution is 7.89. The van der Waals surface area contributed by atoms with Crippen LogP contribution in [0.2, 0.25) is 0 Å². The first-order chi connectivity index (χ1) is 9.50. The fourth-order valence-electron chi connectivity index (χ4n) is 2.12. The third-order valence-corrected chi connectivity index (χ3v) is 5.33. The van der Waals surface area contributed by atoms with Gasteiger partial charge in [0.25, 0.3) is 0 Å². The standard InChI is InChI=1S/C13H20FN3O2S/c1-16(10-11-17-8-6-15-7-9-17)20(18,19)13-4-2-12(14)3-5-13/h2-5,15H,6-11H2,1H3. The molecule has 0 saturated carbocycles. The van der Waals surface area contributed by atoms with Crippen molar-refractivity contribution in [2.24, 2.45) is 0 Å². The van der Waals surface area contributed by atoms with E-state index in [9.17, 15) is 12.8 Å². The first kappa shape index (κ1) is 15.4. The van der Waals surface area contributed by atoms with Gasteiger partial charge in [-0.2, -0.15) is 4.31 Å². The summed E-state index contributed by atoms with van der Waals surface area (Å²) in [6.07, 6.45) is 0. The third kappa shape index (κ3) is 3.76. The van der Waals surface area contributed by atoms with Gasteiger partial charge in [-0.15, -0.1) is 0 Å². The molecule has 0 bridgehead atoms. The number of hydrogen-bond donors (Lipinski definition) is 1. The van der Waals surface area contributed by atoms with Crippen molar-refractivity contribution in [3.8, 4) is 0 Å². The topological polar surface area (TPSA) is 52.6 Å². The van der Waals surface area contributed by atoms with Gasteiger partial charge in [0.15, 0.2) is 0 Å². The van der Waals surface area contributed by atoms with Crippen LogP contribution in [0.5, 0.6) is 0 Å². The number of nitrogens with one attached hydrogen (secondary N) is 1. The summed E-state index contributed by atoms with van der Waals surface area (Å²) in [5.74, 6) is -0.438. The van der Waals surface area contributed by atoms with Crippen LogP contribution in [0.25, 0.3) is 0 Å². The molecule has 1 aromatic rings. The maximum absolute atomic E-state index is 12.8. The van der Waals surface area contributed by atoms with E-state index in [1.54, 1.807) is 7.05 Å². The van der Waals surface area contributed by atoms with Gasteiger partial charge in [0.1, 0.15) is 5.82 Å². The number of rotatable bonds is 5. The summed E-state index contributed by atoms with van der Waals surface area (Å²) in [6.45, 7) is 4.88. The number of halogens is 1. The lowest BCUT2D eigenvalue weighted by Gasteiger charge is -2.28. The van der Waals surface area contributed by atoms with Crippen LogP contribution < -0.4 is 5.32 Å². The number of nitrogens with zero attached hydrogens (tertiary/aromatic N) is 2. The molecular formula is C13H20FN3O2S. The van der Waals surface area contributed by atoms with Gasteiger partial charge >= 0.3 is 0 Å². The van der Waals surface area contributed by atoms with E-state index in [0.717, 1.165) is 38.3 Å². The molecule has 20 heavy (non-hydrogen) atoms. The SMILES string of the molecule is CN(CCN1CCNCC1)S(=O)(=O)c1ccc(F)cc1. The largest absolute Gasteiger partial charge is 0.314 e. The molecule has 112 valence electrons. The van der Waals surface area contributed by atoms with E-state index < -0.39 is 15.8 Å². The molecular weight excluding hydrogens is 281 g/mol. The lowest BCUT2D eigenvalue weighted by Crippen LogP contribution is -2.46. The Morgan fingerprint density at radius 2 is 1.85 bits per heavy atom. The van der Waals surface area contributed by atoms with Crippen LogP contribution >= 0.6 is 0 Å². The Morgan fingerprint density at radius 3 is 2.45 bits per heavy atom. The van der Waals surface area contributed by atoms with Gasteiger partial charge in [-0.05, 0) is 24.3 Å². The molecule has 1 fully saturated rings. The molecule has 0 unspecified atom stereocenters. The fourth-order valence-corrected chi connectivity index (χ4v) is 3.29. The van der Waals surface area contributed by atoms with E-state index in [0.29, 0.717) is 13.1 Å². The Balaban J connectivity index is 1.96. The van der Waals surface area contributed by atoms with Crippen molar-refractivity contribution in [2.75, 3.05) is 46.3 Å². The minimum absolute atomic E-state index is 0.127. The Labute approximate surface area is 119 Å². The molecule has 0 aromatic heterocycles. The molecule has 0 aliphatic carbocycles. The average Bonchev–Trinajstić information content (AvgIpc) is 2.46. The number of likely N-dealkylation sites (N-methyl/N-ethyl adjacent to an activating group) is 1. The summed E-state index contributed by atoms with van der Waals surface area (Å²) in [5.41, 5.74) is 0. The van der Waals surface area contributed by atoms with Crippen LogP contribution in [-0.2, 0) is 10.0 Å². The molecule has 1 aliphatic heterocycles. The van der Waals surface area contributed by atoms with E-state index in [-0.39, 0.29) is 4.90 Å². The van der Waals surface area contributed by atoms with Gasteiger partial charge < -0.3 is 5.32 Å².